The molecule has 1 saturated heterocycles. The highest BCUT2D eigenvalue weighted by atomic mass is 16.5. The van der Waals surface area contributed by atoms with Crippen LogP contribution in [0.15, 0.2) is 42.5 Å². The van der Waals surface area contributed by atoms with Crippen LogP contribution in [-0.2, 0) is 9.53 Å². The third-order valence-corrected chi connectivity index (χ3v) is 4.77. The monoisotopic (exact) mass is 355 g/mol. The molecule has 1 aromatic heterocycles. The van der Waals surface area contributed by atoms with E-state index in [2.05, 4.69) is 20.8 Å². The van der Waals surface area contributed by atoms with Crippen molar-refractivity contribution in [3.05, 3.63) is 42.5 Å². The van der Waals surface area contributed by atoms with Crippen molar-refractivity contribution >= 4 is 11.7 Å². The third kappa shape index (κ3) is 4.36. The molecule has 4 N–H and O–H groups in total. The molecule has 0 radical (unpaired) electrons. The number of anilines is 1. The summed E-state index contributed by atoms with van der Waals surface area (Å²) in [6.45, 7) is 2.60. The van der Waals surface area contributed by atoms with E-state index in [0.717, 1.165) is 11.3 Å². The van der Waals surface area contributed by atoms with Crippen LogP contribution in [0.3, 0.4) is 0 Å². The fourth-order valence-electron chi connectivity index (χ4n) is 3.03. The Morgan fingerprint density at radius 3 is 2.50 bits per heavy atom. The first-order chi connectivity index (χ1) is 12.7. The van der Waals surface area contributed by atoms with Crippen LogP contribution in [0.1, 0.15) is 12.8 Å². The van der Waals surface area contributed by atoms with Crippen LogP contribution >= 0.6 is 0 Å². The number of ether oxygens (including phenoxy) is 1. The van der Waals surface area contributed by atoms with E-state index >= 15 is 0 Å². The summed E-state index contributed by atoms with van der Waals surface area (Å²) in [5.74, 6) is 0.689. The van der Waals surface area contributed by atoms with Crippen LogP contribution in [0.2, 0.25) is 0 Å². The summed E-state index contributed by atoms with van der Waals surface area (Å²) < 4.78 is 5.34. The number of nitrogens with zero attached hydrogens (tertiary/aromatic N) is 2. The number of hydrogen-bond donors (Lipinski definition) is 3. The molecule has 7 nitrogen and oxygen atoms in total. The van der Waals surface area contributed by atoms with Gasteiger partial charge in [-0.1, -0.05) is 30.3 Å². The lowest BCUT2D eigenvalue weighted by molar-refractivity contribution is -0.135. The van der Waals surface area contributed by atoms with Crippen LogP contribution in [-0.4, -0.2) is 49.0 Å². The molecule has 7 heteroatoms. The van der Waals surface area contributed by atoms with Gasteiger partial charge >= 0.3 is 0 Å². The third-order valence-electron chi connectivity index (χ3n) is 4.77. The van der Waals surface area contributed by atoms with E-state index < -0.39 is 5.41 Å². The van der Waals surface area contributed by atoms with Crippen molar-refractivity contribution < 1.29 is 9.53 Å². The van der Waals surface area contributed by atoms with E-state index in [4.69, 9.17) is 10.5 Å². The summed E-state index contributed by atoms with van der Waals surface area (Å²) in [7, 11) is 0. The predicted octanol–water partition coefficient (Wildman–Crippen LogP) is 1.43. The molecular formula is C19H25N5O2. The molecule has 0 unspecified atom stereocenters. The van der Waals surface area contributed by atoms with Crippen LogP contribution in [0.5, 0.6) is 0 Å². The molecule has 2 heterocycles. The second-order valence-corrected chi connectivity index (χ2v) is 6.45. The lowest BCUT2D eigenvalue weighted by Gasteiger charge is -2.34. The van der Waals surface area contributed by atoms with Crippen LogP contribution in [0.25, 0.3) is 11.3 Å². The molecule has 1 aliphatic heterocycles. The van der Waals surface area contributed by atoms with Gasteiger partial charge in [-0.15, -0.1) is 10.2 Å². The van der Waals surface area contributed by atoms with Crippen molar-refractivity contribution in [1.82, 2.24) is 15.5 Å². The molecule has 3 rings (SSSR count). The molecule has 2 aromatic rings. The van der Waals surface area contributed by atoms with Crippen molar-refractivity contribution in [2.75, 3.05) is 38.2 Å². The average molecular weight is 355 g/mol. The fraction of sp³-hybridized carbons (Fsp3) is 0.421. The molecule has 1 aliphatic rings. The SMILES string of the molecule is NCC1(C(=O)NCCNc2ccc(-c3ccccc3)nn2)CCOCC1. The topological polar surface area (TPSA) is 102 Å². The molecular weight excluding hydrogens is 330 g/mol. The first-order valence-electron chi connectivity index (χ1n) is 8.93. The molecule has 1 fully saturated rings. The summed E-state index contributed by atoms with van der Waals surface area (Å²) in [6, 6.07) is 13.7. The Hall–Kier alpha value is -2.51. The Kier molecular flexibility index (Phi) is 6.14. The minimum atomic E-state index is -0.491. The smallest absolute Gasteiger partial charge is 0.227 e. The van der Waals surface area contributed by atoms with Gasteiger partial charge in [-0.3, -0.25) is 4.79 Å². The van der Waals surface area contributed by atoms with Crippen LogP contribution < -0.4 is 16.4 Å². The van der Waals surface area contributed by atoms with Crippen molar-refractivity contribution in [2.45, 2.75) is 12.8 Å². The highest BCUT2D eigenvalue weighted by Gasteiger charge is 2.38. The maximum absolute atomic E-state index is 12.5. The average Bonchev–Trinajstić information content (AvgIpc) is 2.72. The van der Waals surface area contributed by atoms with Crippen LogP contribution in [0.4, 0.5) is 5.82 Å². The van der Waals surface area contributed by atoms with E-state index in [1.807, 2.05) is 42.5 Å². The Labute approximate surface area is 153 Å². The maximum atomic E-state index is 12.5. The minimum Gasteiger partial charge on any atom is -0.381 e. The van der Waals surface area contributed by atoms with Gasteiger partial charge in [-0.2, -0.15) is 0 Å². The fourth-order valence-corrected chi connectivity index (χ4v) is 3.03. The zero-order valence-electron chi connectivity index (χ0n) is 14.8. The van der Waals surface area contributed by atoms with Gasteiger partial charge in [-0.05, 0) is 25.0 Å². The van der Waals surface area contributed by atoms with Gasteiger partial charge < -0.3 is 21.1 Å². The lowest BCUT2D eigenvalue weighted by Crippen LogP contribution is -2.50. The molecule has 1 aromatic carbocycles. The summed E-state index contributed by atoms with van der Waals surface area (Å²) in [5, 5.41) is 14.5. The molecule has 0 spiro atoms. The standard InChI is InChI=1S/C19H25N5O2/c20-14-19(8-12-26-13-9-19)18(25)22-11-10-21-17-7-6-16(23-24-17)15-4-2-1-3-5-15/h1-7H,8-14,20H2,(H,21,24)(H,22,25). The van der Waals surface area contributed by atoms with Gasteiger partial charge in [0.2, 0.25) is 5.91 Å². The van der Waals surface area contributed by atoms with Gasteiger partial charge in [0, 0.05) is 38.4 Å². The van der Waals surface area contributed by atoms with Crippen molar-refractivity contribution in [3.63, 3.8) is 0 Å². The van der Waals surface area contributed by atoms with E-state index in [9.17, 15) is 4.79 Å². The zero-order chi connectivity index (χ0) is 18.2. The first-order valence-corrected chi connectivity index (χ1v) is 8.93. The molecule has 0 saturated carbocycles. The molecule has 0 bridgehead atoms. The predicted molar refractivity (Wildman–Crippen MR) is 101 cm³/mol. The van der Waals surface area contributed by atoms with Gasteiger partial charge in [0.15, 0.2) is 0 Å². The van der Waals surface area contributed by atoms with Gasteiger partial charge in [-0.25, -0.2) is 0 Å². The van der Waals surface area contributed by atoms with E-state index in [0.29, 0.717) is 51.5 Å². The van der Waals surface area contributed by atoms with Crippen molar-refractivity contribution in [1.29, 1.82) is 0 Å². The highest BCUT2D eigenvalue weighted by Crippen LogP contribution is 2.29. The Bertz CT molecular complexity index is 700. The quantitative estimate of drug-likeness (QED) is 0.649. The van der Waals surface area contributed by atoms with E-state index in [1.165, 1.54) is 0 Å². The summed E-state index contributed by atoms with van der Waals surface area (Å²) >= 11 is 0. The number of carbonyl (C=O) groups excluding carboxylic acids is 1. The van der Waals surface area contributed by atoms with E-state index in [1.54, 1.807) is 0 Å². The zero-order valence-corrected chi connectivity index (χ0v) is 14.8. The lowest BCUT2D eigenvalue weighted by atomic mass is 9.79. The normalized spacial score (nSPS) is 16.0. The summed E-state index contributed by atoms with van der Waals surface area (Å²) in [6.07, 6.45) is 1.35. The van der Waals surface area contributed by atoms with E-state index in [-0.39, 0.29) is 5.91 Å². The Balaban J connectivity index is 1.45. The van der Waals surface area contributed by atoms with Gasteiger partial charge in [0.25, 0.3) is 0 Å². The summed E-state index contributed by atoms with van der Waals surface area (Å²) in [4.78, 5) is 12.5. The summed E-state index contributed by atoms with van der Waals surface area (Å²) in [5.41, 5.74) is 7.21. The number of benzene rings is 1. The molecule has 0 atom stereocenters. The molecule has 0 aliphatic carbocycles. The minimum absolute atomic E-state index is 0.00982. The molecule has 1 amide bonds. The number of carbonyl (C=O) groups is 1. The van der Waals surface area contributed by atoms with Crippen molar-refractivity contribution in [2.24, 2.45) is 11.1 Å². The second kappa shape index (κ2) is 8.73. The molecule has 138 valence electrons. The van der Waals surface area contributed by atoms with Gasteiger partial charge in [0.05, 0.1) is 11.1 Å². The Morgan fingerprint density at radius 1 is 1.08 bits per heavy atom. The second-order valence-electron chi connectivity index (χ2n) is 6.45. The Morgan fingerprint density at radius 2 is 1.85 bits per heavy atom. The molecule has 26 heavy (non-hydrogen) atoms. The highest BCUT2D eigenvalue weighted by molar-refractivity contribution is 5.83. The number of aromatic nitrogens is 2. The maximum Gasteiger partial charge on any atom is 0.227 e. The number of amides is 1. The number of rotatable bonds is 7. The number of nitrogens with one attached hydrogen (secondary N) is 2. The first kappa shape index (κ1) is 18.3. The number of nitrogens with two attached hydrogens (primary N) is 1. The van der Waals surface area contributed by atoms with Crippen LogP contribution in [0, 0.1) is 5.41 Å². The largest absolute Gasteiger partial charge is 0.381 e. The number of hydrogen-bond acceptors (Lipinski definition) is 6. The van der Waals surface area contributed by atoms with Crippen molar-refractivity contribution in [3.8, 4) is 11.3 Å². The van der Waals surface area contributed by atoms with Gasteiger partial charge in [0.1, 0.15) is 5.82 Å².